The topological polar surface area (TPSA) is 146 Å². The molecule has 2 fully saturated rings. The van der Waals surface area contributed by atoms with E-state index in [1.54, 1.807) is 31.2 Å². The van der Waals surface area contributed by atoms with Crippen LogP contribution in [0.5, 0.6) is 0 Å². The van der Waals surface area contributed by atoms with E-state index in [9.17, 15) is 14.4 Å². The third-order valence-corrected chi connectivity index (χ3v) is 5.15. The number of rotatable bonds is 6. The predicted molar refractivity (Wildman–Crippen MR) is 99.7 cm³/mol. The van der Waals surface area contributed by atoms with Crippen molar-refractivity contribution < 1.29 is 14.4 Å². The number of nitrogens with zero attached hydrogens (tertiary/aromatic N) is 3. The summed E-state index contributed by atoms with van der Waals surface area (Å²) >= 11 is 0. The molecule has 10 heteroatoms. The van der Waals surface area contributed by atoms with Crippen molar-refractivity contribution in [2.75, 3.05) is 11.9 Å². The second-order valence-corrected chi connectivity index (χ2v) is 7.23. The maximum atomic E-state index is 12.6. The molecule has 1 aromatic heterocycles. The number of anilines is 1. The van der Waals surface area contributed by atoms with E-state index in [0.29, 0.717) is 17.3 Å². The molecule has 5 N–H and O–H groups in total. The number of carbonyl (C=O) groups is 3. The first kappa shape index (κ1) is 18.1. The molecule has 1 saturated heterocycles. The zero-order chi connectivity index (χ0) is 19.9. The number of nitrogens with two attached hydrogens (primary N) is 1. The summed E-state index contributed by atoms with van der Waals surface area (Å²) < 4.78 is 0. The highest BCUT2D eigenvalue weighted by Crippen LogP contribution is 2.42. The summed E-state index contributed by atoms with van der Waals surface area (Å²) in [6, 6.07) is 6.40. The maximum Gasteiger partial charge on any atom is 0.325 e. The summed E-state index contributed by atoms with van der Waals surface area (Å²) in [5, 5.41) is 12.2. The van der Waals surface area contributed by atoms with Crippen molar-refractivity contribution in [3.63, 3.8) is 0 Å². The Morgan fingerprint density at radius 1 is 1.32 bits per heavy atom. The Labute approximate surface area is 160 Å². The second kappa shape index (κ2) is 6.71. The number of aromatic nitrogens is 3. The minimum Gasteiger partial charge on any atom is -0.325 e. The van der Waals surface area contributed by atoms with Crippen LogP contribution in [0.15, 0.2) is 24.3 Å². The number of hydrogen-bond donors (Lipinski definition) is 4. The molecule has 2 heterocycles. The average molecular weight is 383 g/mol. The van der Waals surface area contributed by atoms with Gasteiger partial charge >= 0.3 is 6.03 Å². The molecule has 146 valence electrons. The van der Waals surface area contributed by atoms with Gasteiger partial charge in [-0.2, -0.15) is 5.10 Å². The van der Waals surface area contributed by atoms with Crippen LogP contribution in [0, 0.1) is 5.92 Å². The highest BCUT2D eigenvalue weighted by Gasteiger charge is 2.56. The lowest BCUT2D eigenvalue weighted by Crippen LogP contribution is -2.46. The van der Waals surface area contributed by atoms with Crippen LogP contribution in [0.4, 0.5) is 10.5 Å². The number of aromatic amines is 1. The van der Waals surface area contributed by atoms with Crippen LogP contribution in [0.2, 0.25) is 0 Å². The van der Waals surface area contributed by atoms with E-state index in [1.165, 1.54) is 0 Å². The first-order valence-electron chi connectivity index (χ1n) is 9.06. The largest absolute Gasteiger partial charge is 0.325 e. The van der Waals surface area contributed by atoms with Gasteiger partial charge in [-0.3, -0.25) is 19.6 Å². The van der Waals surface area contributed by atoms with Crippen molar-refractivity contribution in [1.82, 2.24) is 25.4 Å². The Bertz CT molecular complexity index is 935. The molecule has 0 bridgehead atoms. The van der Waals surface area contributed by atoms with Crippen molar-refractivity contribution in [3.8, 4) is 11.4 Å². The van der Waals surface area contributed by atoms with Crippen LogP contribution in [0.1, 0.15) is 25.6 Å². The van der Waals surface area contributed by atoms with E-state index >= 15 is 0 Å². The smallest absolute Gasteiger partial charge is 0.325 e. The number of urea groups is 1. The first-order valence-corrected chi connectivity index (χ1v) is 9.06. The Morgan fingerprint density at radius 3 is 2.64 bits per heavy atom. The van der Waals surface area contributed by atoms with E-state index in [2.05, 4.69) is 25.8 Å². The van der Waals surface area contributed by atoms with Crippen molar-refractivity contribution >= 4 is 23.5 Å². The number of H-pyrrole nitrogens is 1. The Balaban J connectivity index is 1.38. The first-order chi connectivity index (χ1) is 13.4. The van der Waals surface area contributed by atoms with Gasteiger partial charge in [0.2, 0.25) is 5.91 Å². The lowest BCUT2D eigenvalue weighted by Gasteiger charge is -2.20. The van der Waals surface area contributed by atoms with Gasteiger partial charge in [-0.25, -0.2) is 9.78 Å². The minimum atomic E-state index is -0.891. The van der Waals surface area contributed by atoms with Crippen LogP contribution in [-0.2, 0) is 16.1 Å². The van der Waals surface area contributed by atoms with Crippen LogP contribution in [0.3, 0.4) is 0 Å². The van der Waals surface area contributed by atoms with Gasteiger partial charge in [0, 0.05) is 11.3 Å². The lowest BCUT2D eigenvalue weighted by molar-refractivity contribution is -0.134. The Hall–Kier alpha value is -3.27. The van der Waals surface area contributed by atoms with Gasteiger partial charge in [-0.05, 0) is 49.9 Å². The molecule has 10 nitrogen and oxygen atoms in total. The molecule has 4 rings (SSSR count). The number of hydrogen-bond acceptors (Lipinski definition) is 6. The van der Waals surface area contributed by atoms with Crippen LogP contribution in [-0.4, -0.2) is 50.0 Å². The second-order valence-electron chi connectivity index (χ2n) is 7.23. The maximum absolute atomic E-state index is 12.6. The molecule has 1 unspecified atom stereocenters. The number of amides is 4. The summed E-state index contributed by atoms with van der Waals surface area (Å²) in [4.78, 5) is 42.2. The average Bonchev–Trinajstić information content (AvgIpc) is 3.39. The molecule has 28 heavy (non-hydrogen) atoms. The van der Waals surface area contributed by atoms with E-state index in [0.717, 1.165) is 23.3 Å². The summed E-state index contributed by atoms with van der Waals surface area (Å²) in [6.07, 6.45) is 1.82. The zero-order valence-corrected chi connectivity index (χ0v) is 15.4. The van der Waals surface area contributed by atoms with Gasteiger partial charge in [0.15, 0.2) is 5.82 Å². The molecule has 2 aromatic rings. The highest BCUT2D eigenvalue weighted by molar-refractivity contribution is 6.10. The predicted octanol–water partition coefficient (Wildman–Crippen LogP) is 0.589. The molecule has 1 saturated carbocycles. The fourth-order valence-electron chi connectivity index (χ4n) is 3.36. The molecule has 4 amide bonds. The van der Waals surface area contributed by atoms with E-state index in [4.69, 9.17) is 5.73 Å². The molecule has 1 atom stereocenters. The van der Waals surface area contributed by atoms with E-state index < -0.39 is 17.5 Å². The number of nitrogens with one attached hydrogen (secondary N) is 3. The summed E-state index contributed by atoms with van der Waals surface area (Å²) in [7, 11) is 0. The van der Waals surface area contributed by atoms with Crippen molar-refractivity contribution in [2.45, 2.75) is 31.8 Å². The minimum absolute atomic E-state index is 0.153. The third-order valence-electron chi connectivity index (χ3n) is 5.15. The standard InChI is InChI=1S/C18H21N7O3/c1-18(11-4-5-11)16(27)25(17(28)22-18)9-14(26)20-12-6-2-10(3-7-12)15-21-13(8-19)23-24-15/h2-3,6-7,11H,4-5,8-9,19H2,1H3,(H,20,26)(H,22,28)(H,21,23,24). The quantitative estimate of drug-likeness (QED) is 0.537. The molecular formula is C18H21N7O3. The molecular weight excluding hydrogens is 362 g/mol. The summed E-state index contributed by atoms with van der Waals surface area (Å²) in [5.74, 6) is 0.460. The van der Waals surface area contributed by atoms with Crippen LogP contribution >= 0.6 is 0 Å². The van der Waals surface area contributed by atoms with Crippen LogP contribution < -0.4 is 16.4 Å². The fraction of sp³-hybridized carbons (Fsp3) is 0.389. The monoisotopic (exact) mass is 383 g/mol. The number of carbonyl (C=O) groups excluding carboxylic acids is 3. The van der Waals surface area contributed by atoms with E-state index in [1.807, 2.05) is 0 Å². The molecule has 0 spiro atoms. The van der Waals surface area contributed by atoms with Crippen molar-refractivity contribution in [1.29, 1.82) is 0 Å². The van der Waals surface area contributed by atoms with Gasteiger partial charge in [0.05, 0.1) is 6.54 Å². The summed E-state index contributed by atoms with van der Waals surface area (Å²) in [6.45, 7) is 1.67. The Kier molecular flexibility index (Phi) is 4.34. The van der Waals surface area contributed by atoms with Gasteiger partial charge in [0.25, 0.3) is 5.91 Å². The zero-order valence-electron chi connectivity index (χ0n) is 15.4. The van der Waals surface area contributed by atoms with Crippen molar-refractivity contribution in [3.05, 3.63) is 30.1 Å². The number of benzene rings is 1. The molecule has 1 aliphatic heterocycles. The van der Waals surface area contributed by atoms with Crippen molar-refractivity contribution in [2.24, 2.45) is 11.7 Å². The van der Waals surface area contributed by atoms with Gasteiger partial charge < -0.3 is 16.4 Å². The molecule has 1 aromatic carbocycles. The Morgan fingerprint density at radius 2 is 2.04 bits per heavy atom. The van der Waals surface area contributed by atoms with Gasteiger partial charge in [-0.1, -0.05) is 0 Å². The molecule has 0 radical (unpaired) electrons. The lowest BCUT2D eigenvalue weighted by atomic mass is 9.96. The fourth-order valence-corrected chi connectivity index (χ4v) is 3.36. The SMILES string of the molecule is CC1(C2CC2)NC(=O)N(CC(=O)Nc2ccc(-c3n[nH]c(CN)n3)cc2)C1=O. The van der Waals surface area contributed by atoms with E-state index in [-0.39, 0.29) is 24.9 Å². The van der Waals surface area contributed by atoms with Gasteiger partial charge in [0.1, 0.15) is 17.9 Å². The molecule has 1 aliphatic carbocycles. The third kappa shape index (κ3) is 3.22. The van der Waals surface area contributed by atoms with Gasteiger partial charge in [-0.15, -0.1) is 0 Å². The highest BCUT2D eigenvalue weighted by atomic mass is 16.2. The normalized spacial score (nSPS) is 21.7. The van der Waals surface area contributed by atoms with Crippen LogP contribution in [0.25, 0.3) is 11.4 Å². The molecule has 2 aliphatic rings. The summed E-state index contributed by atoms with van der Waals surface area (Å²) in [5.41, 5.74) is 5.92. The number of imide groups is 1.